The van der Waals surface area contributed by atoms with Gasteiger partial charge in [0.25, 0.3) is 0 Å². The van der Waals surface area contributed by atoms with Crippen LogP contribution >= 0.6 is 0 Å². The lowest BCUT2D eigenvalue weighted by Gasteiger charge is -2.15. The van der Waals surface area contributed by atoms with Crippen molar-refractivity contribution in [2.24, 2.45) is 11.3 Å². The third-order valence-corrected chi connectivity index (χ3v) is 4.87. The molecule has 1 aliphatic carbocycles. The molecule has 126 valence electrons. The van der Waals surface area contributed by atoms with Crippen molar-refractivity contribution in [2.75, 3.05) is 7.11 Å². The molecule has 2 aromatic rings. The molecule has 1 fully saturated rings. The summed E-state index contributed by atoms with van der Waals surface area (Å²) in [7, 11) is 1.16. The van der Waals surface area contributed by atoms with Gasteiger partial charge < -0.3 is 14.6 Å². The molecule has 4 rings (SSSR count). The minimum absolute atomic E-state index is 0.0391. The van der Waals surface area contributed by atoms with E-state index in [0.29, 0.717) is 11.3 Å². The topological polar surface area (TPSA) is 89.9 Å². The molecular weight excluding hydrogens is 324 g/mol. The summed E-state index contributed by atoms with van der Waals surface area (Å²) in [6.45, 7) is 0. The molecule has 0 radical (unpaired) electrons. The monoisotopic (exact) mass is 338 g/mol. The van der Waals surface area contributed by atoms with Gasteiger partial charge in [0.1, 0.15) is 17.6 Å². The van der Waals surface area contributed by atoms with E-state index in [2.05, 4.69) is 0 Å². The second kappa shape index (κ2) is 5.17. The highest BCUT2D eigenvalue weighted by Gasteiger charge is 2.81. The molecule has 0 bridgehead atoms. The first kappa shape index (κ1) is 15.4. The van der Waals surface area contributed by atoms with Crippen LogP contribution in [0.2, 0.25) is 0 Å². The standard InChI is InChI=1S/C19H14O6/c1-24-18(23)19(16(22)10-6-2-4-8-12(10)20)14-15(21)11-7-3-5-9-13(11)25-17(14)19/h2-9,14,17,20H,1H3/t14-,17+,19+/m0/s1. The Bertz CT molecular complexity index is 918. The van der Waals surface area contributed by atoms with E-state index < -0.39 is 29.2 Å². The second-order valence-electron chi connectivity index (χ2n) is 6.08. The number of fused-ring (bicyclic) bond motifs is 2. The lowest BCUT2D eigenvalue weighted by molar-refractivity contribution is -0.146. The van der Waals surface area contributed by atoms with Crippen LogP contribution in [0.5, 0.6) is 11.5 Å². The summed E-state index contributed by atoms with van der Waals surface area (Å²) >= 11 is 0. The Labute approximate surface area is 143 Å². The van der Waals surface area contributed by atoms with Gasteiger partial charge in [-0.1, -0.05) is 24.3 Å². The van der Waals surface area contributed by atoms with E-state index in [0.717, 1.165) is 7.11 Å². The summed E-state index contributed by atoms with van der Waals surface area (Å²) < 4.78 is 10.6. The number of phenolic OH excluding ortho intramolecular Hbond substituents is 1. The van der Waals surface area contributed by atoms with Crippen LogP contribution in [0.1, 0.15) is 20.7 Å². The number of phenols is 1. The molecule has 6 nitrogen and oxygen atoms in total. The van der Waals surface area contributed by atoms with Crippen molar-refractivity contribution in [3.63, 3.8) is 0 Å². The molecule has 1 heterocycles. The predicted molar refractivity (Wildman–Crippen MR) is 85.6 cm³/mol. The maximum absolute atomic E-state index is 13.1. The normalized spacial score (nSPS) is 26.0. The average Bonchev–Trinajstić information content (AvgIpc) is 3.31. The van der Waals surface area contributed by atoms with Crippen LogP contribution in [0.25, 0.3) is 0 Å². The number of hydrogen-bond acceptors (Lipinski definition) is 6. The lowest BCUT2D eigenvalue weighted by atomic mass is 9.89. The van der Waals surface area contributed by atoms with Gasteiger partial charge in [0.05, 0.1) is 24.2 Å². The molecule has 1 aliphatic heterocycles. The number of benzene rings is 2. The zero-order valence-corrected chi connectivity index (χ0v) is 13.3. The number of para-hydroxylation sites is 2. The van der Waals surface area contributed by atoms with E-state index in [1.807, 2.05) is 0 Å². The molecule has 0 spiro atoms. The number of methoxy groups -OCH3 is 1. The van der Waals surface area contributed by atoms with Crippen LogP contribution in [-0.2, 0) is 9.53 Å². The Hall–Kier alpha value is -3.15. The zero-order valence-electron chi connectivity index (χ0n) is 13.3. The first-order valence-corrected chi connectivity index (χ1v) is 7.74. The van der Waals surface area contributed by atoms with E-state index >= 15 is 0 Å². The van der Waals surface area contributed by atoms with Crippen molar-refractivity contribution in [3.05, 3.63) is 59.7 Å². The molecule has 0 saturated heterocycles. The summed E-state index contributed by atoms with van der Waals surface area (Å²) in [4.78, 5) is 38.5. The van der Waals surface area contributed by atoms with Gasteiger partial charge >= 0.3 is 5.97 Å². The maximum atomic E-state index is 13.1. The molecule has 2 aliphatic rings. The summed E-state index contributed by atoms with van der Waals surface area (Å²) in [5, 5.41) is 10.0. The van der Waals surface area contributed by atoms with E-state index in [4.69, 9.17) is 9.47 Å². The van der Waals surface area contributed by atoms with Crippen molar-refractivity contribution in [1.82, 2.24) is 0 Å². The molecule has 0 aromatic heterocycles. The van der Waals surface area contributed by atoms with Gasteiger partial charge in [-0.15, -0.1) is 0 Å². The second-order valence-corrected chi connectivity index (χ2v) is 6.08. The van der Waals surface area contributed by atoms with Crippen LogP contribution < -0.4 is 4.74 Å². The Kier molecular flexibility index (Phi) is 3.18. The maximum Gasteiger partial charge on any atom is 0.324 e. The molecular formula is C19H14O6. The number of Topliss-reactive ketones (excluding diaryl/α,β-unsaturated/α-hetero) is 2. The fraction of sp³-hybridized carbons (Fsp3) is 0.211. The minimum atomic E-state index is -1.77. The van der Waals surface area contributed by atoms with Crippen LogP contribution in [0.4, 0.5) is 0 Å². The van der Waals surface area contributed by atoms with Crippen molar-refractivity contribution >= 4 is 17.5 Å². The molecule has 0 unspecified atom stereocenters. The molecule has 0 amide bonds. The van der Waals surface area contributed by atoms with Gasteiger partial charge in [-0.2, -0.15) is 0 Å². The average molecular weight is 338 g/mol. The van der Waals surface area contributed by atoms with E-state index in [1.54, 1.807) is 36.4 Å². The lowest BCUT2D eigenvalue weighted by Crippen LogP contribution is -2.33. The van der Waals surface area contributed by atoms with Crippen molar-refractivity contribution in [1.29, 1.82) is 0 Å². The van der Waals surface area contributed by atoms with Gasteiger partial charge in [-0.05, 0) is 24.3 Å². The minimum Gasteiger partial charge on any atom is -0.507 e. The van der Waals surface area contributed by atoms with Crippen LogP contribution in [0.15, 0.2) is 48.5 Å². The smallest absolute Gasteiger partial charge is 0.324 e. The fourth-order valence-electron chi connectivity index (χ4n) is 3.60. The first-order valence-electron chi connectivity index (χ1n) is 7.74. The van der Waals surface area contributed by atoms with Crippen LogP contribution in [-0.4, -0.2) is 35.9 Å². The highest BCUT2D eigenvalue weighted by molar-refractivity contribution is 6.23. The van der Waals surface area contributed by atoms with Gasteiger partial charge in [-0.25, -0.2) is 0 Å². The summed E-state index contributed by atoms with van der Waals surface area (Å²) in [6.07, 6.45) is -0.936. The number of carbonyl (C=O) groups is 3. The van der Waals surface area contributed by atoms with Crippen molar-refractivity contribution in [2.45, 2.75) is 6.10 Å². The highest BCUT2D eigenvalue weighted by atomic mass is 16.5. The van der Waals surface area contributed by atoms with E-state index in [9.17, 15) is 19.5 Å². The highest BCUT2D eigenvalue weighted by Crippen LogP contribution is 2.61. The summed E-state index contributed by atoms with van der Waals surface area (Å²) in [5.74, 6) is -2.72. The number of carbonyl (C=O) groups excluding carboxylic acids is 3. The predicted octanol–water partition coefficient (Wildman–Crippen LogP) is 2.01. The number of hydrogen-bond donors (Lipinski definition) is 1. The first-order chi connectivity index (χ1) is 12.0. The number of esters is 1. The van der Waals surface area contributed by atoms with Crippen molar-refractivity contribution < 1.29 is 29.0 Å². The third-order valence-electron chi connectivity index (χ3n) is 4.87. The quantitative estimate of drug-likeness (QED) is 0.523. The fourth-order valence-corrected chi connectivity index (χ4v) is 3.60. The molecule has 1 N–H and O–H groups in total. The number of rotatable bonds is 3. The number of ether oxygens (including phenoxy) is 2. The van der Waals surface area contributed by atoms with Gasteiger partial charge in [0.2, 0.25) is 0 Å². The summed E-state index contributed by atoms with van der Waals surface area (Å²) in [5.41, 5.74) is -1.48. The molecule has 6 heteroatoms. The Balaban J connectivity index is 1.83. The molecule has 2 aromatic carbocycles. The number of ketones is 2. The Morgan fingerprint density at radius 1 is 1.12 bits per heavy atom. The van der Waals surface area contributed by atoms with Gasteiger partial charge in [0.15, 0.2) is 17.0 Å². The largest absolute Gasteiger partial charge is 0.507 e. The SMILES string of the molecule is COC(=O)[C@]1(C(=O)c2ccccc2O)[C@@H]2Oc3ccccc3C(=O)[C@@H]21. The van der Waals surface area contributed by atoms with Crippen molar-refractivity contribution in [3.8, 4) is 11.5 Å². The zero-order chi connectivity index (χ0) is 17.8. The van der Waals surface area contributed by atoms with Gasteiger partial charge in [-0.3, -0.25) is 14.4 Å². The third kappa shape index (κ3) is 1.88. The number of aromatic hydroxyl groups is 1. The molecule has 25 heavy (non-hydrogen) atoms. The van der Waals surface area contributed by atoms with E-state index in [1.165, 1.54) is 12.1 Å². The van der Waals surface area contributed by atoms with Crippen LogP contribution in [0.3, 0.4) is 0 Å². The Morgan fingerprint density at radius 2 is 1.80 bits per heavy atom. The van der Waals surface area contributed by atoms with Crippen LogP contribution in [0, 0.1) is 11.3 Å². The molecule has 3 atom stereocenters. The molecule has 1 saturated carbocycles. The van der Waals surface area contributed by atoms with E-state index in [-0.39, 0.29) is 17.1 Å². The Morgan fingerprint density at radius 3 is 2.52 bits per heavy atom. The summed E-state index contributed by atoms with van der Waals surface area (Å²) in [6, 6.07) is 12.5. The van der Waals surface area contributed by atoms with Gasteiger partial charge in [0, 0.05) is 0 Å².